The summed E-state index contributed by atoms with van der Waals surface area (Å²) in [5, 5.41) is 0.445. The minimum atomic E-state index is -0.580. The maximum Gasteiger partial charge on any atom is 0.290 e. The van der Waals surface area contributed by atoms with Crippen LogP contribution in [-0.4, -0.2) is 50.2 Å². The van der Waals surface area contributed by atoms with Crippen molar-refractivity contribution in [3.8, 4) is 0 Å². The van der Waals surface area contributed by atoms with Crippen molar-refractivity contribution in [1.82, 2.24) is 4.90 Å². The lowest BCUT2D eigenvalue weighted by molar-refractivity contribution is -0.908. The highest BCUT2D eigenvalue weighted by Crippen LogP contribution is 2.38. The van der Waals surface area contributed by atoms with Gasteiger partial charge < -0.3 is 19.0 Å². The van der Waals surface area contributed by atoms with Crippen molar-refractivity contribution >= 4 is 16.9 Å². The van der Waals surface area contributed by atoms with E-state index in [1.165, 1.54) is 17.0 Å². The summed E-state index contributed by atoms with van der Waals surface area (Å²) in [7, 11) is 0. The average molecular weight is 423 g/mol. The van der Waals surface area contributed by atoms with E-state index >= 15 is 0 Å². The third-order valence-electron chi connectivity index (χ3n) is 6.19. The summed E-state index contributed by atoms with van der Waals surface area (Å²) < 4.78 is 24.9. The Hall–Kier alpha value is -3.03. The van der Waals surface area contributed by atoms with Crippen LogP contribution >= 0.6 is 0 Å². The molecular formula is C24H24FN2O4+. The van der Waals surface area contributed by atoms with Gasteiger partial charge in [-0.15, -0.1) is 0 Å². The number of hydrogen-bond acceptors (Lipinski definition) is 4. The van der Waals surface area contributed by atoms with Gasteiger partial charge in [-0.05, 0) is 29.8 Å². The van der Waals surface area contributed by atoms with Crippen molar-refractivity contribution in [1.29, 1.82) is 0 Å². The number of benzene rings is 2. The number of fused-ring (bicyclic) bond motifs is 2. The number of nitrogens with zero attached hydrogens (tertiary/aromatic N) is 1. The Balaban J connectivity index is 1.52. The first-order valence-corrected chi connectivity index (χ1v) is 10.7. The summed E-state index contributed by atoms with van der Waals surface area (Å²) in [6, 6.07) is 12.4. The maximum absolute atomic E-state index is 13.6. The van der Waals surface area contributed by atoms with E-state index in [-0.39, 0.29) is 22.9 Å². The molecule has 1 fully saturated rings. The molecule has 0 spiro atoms. The first-order valence-electron chi connectivity index (χ1n) is 10.7. The third-order valence-corrected chi connectivity index (χ3v) is 6.19. The van der Waals surface area contributed by atoms with Crippen LogP contribution < -0.4 is 10.3 Å². The standard InChI is InChI=1S/C24H23FN2O4/c25-17-8-6-16(7-9-17)21-20-22(28)18-4-1-2-5-19(18)31-23(20)24(29)27(21)11-3-10-26-12-14-30-15-13-26/h1-2,4-9,21H,3,10-15H2/p+1/t21-/m0/s1. The van der Waals surface area contributed by atoms with Crippen LogP contribution in [0.5, 0.6) is 0 Å². The van der Waals surface area contributed by atoms with Gasteiger partial charge in [-0.25, -0.2) is 4.39 Å². The summed E-state index contributed by atoms with van der Waals surface area (Å²) in [6.07, 6.45) is 0.792. The molecular weight excluding hydrogens is 399 g/mol. The van der Waals surface area contributed by atoms with Gasteiger partial charge in [0.2, 0.25) is 5.76 Å². The highest BCUT2D eigenvalue weighted by atomic mass is 19.1. The van der Waals surface area contributed by atoms with Gasteiger partial charge in [-0.3, -0.25) is 9.59 Å². The fourth-order valence-electron chi connectivity index (χ4n) is 4.60. The second-order valence-corrected chi connectivity index (χ2v) is 8.09. The van der Waals surface area contributed by atoms with Crippen molar-refractivity contribution in [2.75, 3.05) is 39.4 Å². The lowest BCUT2D eigenvalue weighted by Crippen LogP contribution is -3.14. The highest BCUT2D eigenvalue weighted by molar-refractivity contribution is 5.99. The summed E-state index contributed by atoms with van der Waals surface area (Å²) in [5.41, 5.74) is 1.24. The topological polar surface area (TPSA) is 64.2 Å². The van der Waals surface area contributed by atoms with Gasteiger partial charge in [0.05, 0.1) is 36.8 Å². The minimum Gasteiger partial charge on any atom is -0.450 e. The van der Waals surface area contributed by atoms with Gasteiger partial charge in [0.15, 0.2) is 5.43 Å². The third kappa shape index (κ3) is 3.64. The van der Waals surface area contributed by atoms with E-state index in [0.29, 0.717) is 28.6 Å². The number of ether oxygens (including phenoxy) is 1. The zero-order valence-electron chi connectivity index (χ0n) is 17.1. The molecule has 0 radical (unpaired) electrons. The fraction of sp³-hybridized carbons (Fsp3) is 0.333. The Morgan fingerprint density at radius 1 is 1.03 bits per heavy atom. The minimum absolute atomic E-state index is 0.0942. The van der Waals surface area contributed by atoms with E-state index in [1.807, 2.05) is 0 Å². The molecule has 31 heavy (non-hydrogen) atoms. The van der Waals surface area contributed by atoms with E-state index in [1.54, 1.807) is 41.3 Å². The lowest BCUT2D eigenvalue weighted by atomic mass is 9.98. The molecule has 3 aromatic rings. The molecule has 2 aliphatic heterocycles. The Kier molecular flexibility index (Phi) is 5.29. The van der Waals surface area contributed by atoms with Crippen LogP contribution in [0.25, 0.3) is 11.0 Å². The second kappa shape index (κ2) is 8.24. The molecule has 5 rings (SSSR count). The van der Waals surface area contributed by atoms with Crippen LogP contribution in [0.2, 0.25) is 0 Å². The SMILES string of the molecule is O=C1c2oc3ccccc3c(=O)c2[C@H](c2ccc(F)cc2)N1CCC[NH+]1CCOCC1. The largest absolute Gasteiger partial charge is 0.450 e. The molecule has 0 unspecified atom stereocenters. The Morgan fingerprint density at radius 3 is 2.55 bits per heavy atom. The Labute approximate surface area is 178 Å². The molecule has 7 heteroatoms. The van der Waals surface area contributed by atoms with Crippen molar-refractivity contribution in [2.24, 2.45) is 0 Å². The number of quaternary nitrogens is 1. The molecule has 0 saturated carbocycles. The van der Waals surface area contributed by atoms with E-state index in [4.69, 9.17) is 9.15 Å². The highest BCUT2D eigenvalue weighted by Gasteiger charge is 2.42. The predicted molar refractivity (Wildman–Crippen MR) is 113 cm³/mol. The first-order chi connectivity index (χ1) is 15.1. The van der Waals surface area contributed by atoms with Crippen LogP contribution in [0.15, 0.2) is 57.7 Å². The second-order valence-electron chi connectivity index (χ2n) is 8.09. The number of nitrogens with one attached hydrogen (secondary N) is 1. The molecule has 160 valence electrons. The fourth-order valence-corrected chi connectivity index (χ4v) is 4.60. The molecule has 1 amide bonds. The number of para-hydroxylation sites is 1. The number of amides is 1. The summed E-state index contributed by atoms with van der Waals surface area (Å²) in [4.78, 5) is 29.8. The van der Waals surface area contributed by atoms with Gasteiger partial charge in [0, 0.05) is 13.0 Å². The summed E-state index contributed by atoms with van der Waals surface area (Å²) in [5.74, 6) is -0.554. The van der Waals surface area contributed by atoms with Gasteiger partial charge in [0.1, 0.15) is 24.5 Å². The van der Waals surface area contributed by atoms with Gasteiger partial charge in [0.25, 0.3) is 5.91 Å². The molecule has 2 aromatic carbocycles. The molecule has 1 N–H and O–H groups in total. The van der Waals surface area contributed by atoms with Crippen molar-refractivity contribution < 1.29 is 23.2 Å². The zero-order chi connectivity index (χ0) is 21.4. The molecule has 6 nitrogen and oxygen atoms in total. The van der Waals surface area contributed by atoms with Crippen LogP contribution in [0.4, 0.5) is 4.39 Å². The summed E-state index contributed by atoms with van der Waals surface area (Å²) in [6.45, 7) is 4.84. The zero-order valence-corrected chi connectivity index (χ0v) is 17.1. The smallest absolute Gasteiger partial charge is 0.290 e. The van der Waals surface area contributed by atoms with Crippen LogP contribution in [0.3, 0.4) is 0 Å². The number of rotatable bonds is 5. The molecule has 2 aliphatic rings. The van der Waals surface area contributed by atoms with Gasteiger partial charge >= 0.3 is 0 Å². The maximum atomic E-state index is 13.6. The van der Waals surface area contributed by atoms with Crippen molar-refractivity contribution in [3.05, 3.63) is 81.5 Å². The number of carbonyl (C=O) groups excluding carboxylic acids is 1. The predicted octanol–water partition coefficient (Wildman–Crippen LogP) is 1.78. The van der Waals surface area contributed by atoms with Gasteiger partial charge in [-0.2, -0.15) is 0 Å². The van der Waals surface area contributed by atoms with Crippen LogP contribution in [-0.2, 0) is 4.74 Å². The normalized spacial score (nSPS) is 19.2. The van der Waals surface area contributed by atoms with E-state index in [0.717, 1.165) is 39.3 Å². The van der Waals surface area contributed by atoms with E-state index < -0.39 is 6.04 Å². The van der Waals surface area contributed by atoms with E-state index in [2.05, 4.69) is 0 Å². The molecule has 1 atom stereocenters. The quantitative estimate of drug-likeness (QED) is 0.680. The van der Waals surface area contributed by atoms with Crippen molar-refractivity contribution in [3.63, 3.8) is 0 Å². The molecule has 0 bridgehead atoms. The number of hydrogen-bond donors (Lipinski definition) is 1. The molecule has 1 saturated heterocycles. The Bertz CT molecular complexity index is 1170. The summed E-state index contributed by atoms with van der Waals surface area (Å²) >= 11 is 0. The van der Waals surface area contributed by atoms with Crippen LogP contribution in [0.1, 0.15) is 34.1 Å². The average Bonchev–Trinajstić information content (AvgIpc) is 3.07. The monoisotopic (exact) mass is 423 g/mol. The lowest BCUT2D eigenvalue weighted by Gasteiger charge is -2.27. The number of halogens is 1. The first kappa shape index (κ1) is 19.9. The molecule has 1 aromatic heterocycles. The van der Waals surface area contributed by atoms with Crippen molar-refractivity contribution in [2.45, 2.75) is 12.5 Å². The van der Waals surface area contributed by atoms with Crippen LogP contribution in [0, 0.1) is 5.82 Å². The number of morpholine rings is 1. The van der Waals surface area contributed by atoms with E-state index in [9.17, 15) is 14.0 Å². The Morgan fingerprint density at radius 2 is 1.77 bits per heavy atom. The number of carbonyl (C=O) groups is 1. The molecule has 0 aliphatic carbocycles. The molecule has 3 heterocycles. The van der Waals surface area contributed by atoms with Gasteiger partial charge in [-0.1, -0.05) is 24.3 Å².